The third-order valence-electron chi connectivity index (χ3n) is 1.52. The summed E-state index contributed by atoms with van der Waals surface area (Å²) in [5.41, 5.74) is -0.637. The molecular weight excluding hydrogens is 169 g/mol. The molecule has 0 heterocycles. The van der Waals surface area contributed by atoms with Gasteiger partial charge in [-0.25, -0.2) is 0 Å². The molecule has 0 saturated heterocycles. The molecule has 1 aliphatic carbocycles. The molecule has 1 nitrogen and oxygen atoms in total. The second kappa shape index (κ2) is 3.21. The zero-order valence-corrected chi connectivity index (χ0v) is 6.48. The smallest absolute Gasteiger partial charge is 0.416 e. The molecule has 0 aromatic carbocycles. The van der Waals surface area contributed by atoms with Gasteiger partial charge in [0, 0.05) is 6.42 Å². The first-order valence-electron chi connectivity index (χ1n) is 3.40. The normalized spacial score (nSPS) is 18.3. The van der Waals surface area contributed by atoms with Crippen LogP contribution in [0.5, 0.6) is 0 Å². The zero-order chi connectivity index (χ0) is 9.19. The Bertz CT molecular complexity index is 225. The topological polar surface area (TPSA) is 9.23 Å². The quantitative estimate of drug-likeness (QED) is 0.598. The molecule has 0 amide bonds. The number of methoxy groups -OCH3 is 1. The van der Waals surface area contributed by atoms with Crippen LogP contribution in [-0.4, -0.2) is 13.3 Å². The molecule has 0 aliphatic heterocycles. The monoisotopic (exact) mass is 177 g/mol. The number of hydrogen-bond donors (Lipinski definition) is 0. The van der Waals surface area contributed by atoms with E-state index in [1.807, 2.05) is 0 Å². The molecule has 0 atom stereocenters. The van der Waals surface area contributed by atoms with E-state index in [-0.39, 0.29) is 12.2 Å². The minimum atomic E-state index is -4.27. The Hall–Kier alpha value is -0.930. The first-order valence-corrected chi connectivity index (χ1v) is 3.40. The van der Waals surface area contributed by atoms with Crippen LogP contribution in [0.4, 0.5) is 13.2 Å². The highest BCUT2D eigenvalue weighted by Gasteiger charge is 2.33. The summed E-state index contributed by atoms with van der Waals surface area (Å²) in [7, 11) is 1.35. The van der Waals surface area contributed by atoms with Gasteiger partial charge in [0.1, 0.15) is 5.76 Å². The SMILES string of the molecule is COC1=CC(C(F)(F)F)=CC[CH]1. The molecule has 0 saturated carbocycles. The summed E-state index contributed by atoms with van der Waals surface area (Å²) in [6.45, 7) is 0. The first kappa shape index (κ1) is 9.16. The molecule has 0 aromatic rings. The van der Waals surface area contributed by atoms with Crippen molar-refractivity contribution in [1.82, 2.24) is 0 Å². The fraction of sp³-hybridized carbons (Fsp3) is 0.375. The molecule has 1 aliphatic rings. The maximum Gasteiger partial charge on any atom is 0.416 e. The van der Waals surface area contributed by atoms with Crippen molar-refractivity contribution in [3.05, 3.63) is 29.9 Å². The van der Waals surface area contributed by atoms with E-state index >= 15 is 0 Å². The van der Waals surface area contributed by atoms with Gasteiger partial charge in [-0.05, 0) is 12.5 Å². The summed E-state index contributed by atoms with van der Waals surface area (Å²) in [6.07, 6.45) is -0.284. The molecule has 0 fully saturated rings. The molecule has 12 heavy (non-hydrogen) atoms. The van der Waals surface area contributed by atoms with Crippen molar-refractivity contribution >= 4 is 0 Å². The second-order valence-electron chi connectivity index (χ2n) is 2.35. The van der Waals surface area contributed by atoms with E-state index in [0.29, 0.717) is 0 Å². The van der Waals surface area contributed by atoms with E-state index < -0.39 is 11.7 Å². The van der Waals surface area contributed by atoms with Crippen molar-refractivity contribution < 1.29 is 17.9 Å². The Labute approximate surface area is 68.5 Å². The van der Waals surface area contributed by atoms with Crippen LogP contribution >= 0.6 is 0 Å². The summed E-state index contributed by atoms with van der Waals surface area (Å²) in [5.74, 6) is 0.268. The van der Waals surface area contributed by atoms with Gasteiger partial charge >= 0.3 is 6.18 Å². The summed E-state index contributed by atoms with van der Waals surface area (Å²) in [5, 5.41) is 0. The molecule has 67 valence electrons. The third-order valence-corrected chi connectivity index (χ3v) is 1.52. The van der Waals surface area contributed by atoms with Crippen molar-refractivity contribution in [3.8, 4) is 0 Å². The predicted octanol–water partition coefficient (Wildman–Crippen LogP) is 2.61. The Balaban J connectivity index is 2.80. The second-order valence-corrected chi connectivity index (χ2v) is 2.35. The van der Waals surface area contributed by atoms with Crippen LogP contribution in [0.1, 0.15) is 6.42 Å². The molecule has 0 bridgehead atoms. The van der Waals surface area contributed by atoms with Gasteiger partial charge in [0.25, 0.3) is 0 Å². The first-order chi connectivity index (χ1) is 5.54. The Morgan fingerprint density at radius 2 is 2.08 bits per heavy atom. The molecule has 4 heteroatoms. The summed E-state index contributed by atoms with van der Waals surface area (Å²) in [6, 6.07) is 0. The lowest BCUT2D eigenvalue weighted by Crippen LogP contribution is -2.13. The van der Waals surface area contributed by atoms with Crippen LogP contribution in [0.2, 0.25) is 0 Å². The van der Waals surface area contributed by atoms with Crippen LogP contribution in [-0.2, 0) is 4.74 Å². The average molecular weight is 177 g/mol. The standard InChI is InChI=1S/C8H8F3O/c1-12-7-4-2-3-6(5-7)8(9,10)11/h3-5H,2H2,1H3. The van der Waals surface area contributed by atoms with Gasteiger partial charge in [0.2, 0.25) is 0 Å². The van der Waals surface area contributed by atoms with E-state index in [4.69, 9.17) is 0 Å². The van der Waals surface area contributed by atoms with Crippen molar-refractivity contribution in [2.75, 3.05) is 7.11 Å². The van der Waals surface area contributed by atoms with Gasteiger partial charge in [-0.1, -0.05) is 6.08 Å². The Morgan fingerprint density at radius 1 is 1.42 bits per heavy atom. The highest BCUT2D eigenvalue weighted by molar-refractivity contribution is 5.33. The number of hydrogen-bond acceptors (Lipinski definition) is 1. The highest BCUT2D eigenvalue weighted by atomic mass is 19.4. The van der Waals surface area contributed by atoms with Gasteiger partial charge in [-0.15, -0.1) is 0 Å². The Kier molecular flexibility index (Phi) is 2.45. The van der Waals surface area contributed by atoms with Crippen LogP contribution in [0.25, 0.3) is 0 Å². The van der Waals surface area contributed by atoms with Crippen LogP contribution in [0, 0.1) is 6.42 Å². The number of rotatable bonds is 1. The van der Waals surface area contributed by atoms with Gasteiger partial charge < -0.3 is 4.74 Å². The maximum absolute atomic E-state index is 12.1. The lowest BCUT2D eigenvalue weighted by Gasteiger charge is -2.14. The van der Waals surface area contributed by atoms with E-state index in [1.165, 1.54) is 7.11 Å². The maximum atomic E-state index is 12.1. The van der Waals surface area contributed by atoms with Crippen LogP contribution in [0.15, 0.2) is 23.5 Å². The summed E-state index contributed by atoms with van der Waals surface area (Å²) < 4.78 is 40.9. The summed E-state index contributed by atoms with van der Waals surface area (Å²) in [4.78, 5) is 0. The lowest BCUT2D eigenvalue weighted by atomic mass is 10.1. The van der Waals surface area contributed by atoms with Gasteiger partial charge in [0.15, 0.2) is 0 Å². The van der Waals surface area contributed by atoms with Crippen LogP contribution < -0.4 is 0 Å². The van der Waals surface area contributed by atoms with E-state index in [0.717, 1.165) is 12.2 Å². The molecule has 0 spiro atoms. The fourth-order valence-corrected chi connectivity index (χ4v) is 0.913. The summed E-state index contributed by atoms with van der Waals surface area (Å²) >= 11 is 0. The van der Waals surface area contributed by atoms with E-state index in [9.17, 15) is 13.2 Å². The van der Waals surface area contributed by atoms with Crippen molar-refractivity contribution in [2.45, 2.75) is 12.6 Å². The van der Waals surface area contributed by atoms with Gasteiger partial charge in [-0.3, -0.25) is 0 Å². The highest BCUT2D eigenvalue weighted by Crippen LogP contribution is 2.31. The van der Waals surface area contributed by atoms with Gasteiger partial charge in [0.05, 0.1) is 12.7 Å². The van der Waals surface area contributed by atoms with Crippen molar-refractivity contribution in [2.24, 2.45) is 0 Å². The lowest BCUT2D eigenvalue weighted by molar-refractivity contribution is -0.0888. The third kappa shape index (κ3) is 2.03. The number of halogens is 3. The van der Waals surface area contributed by atoms with E-state index in [1.54, 1.807) is 6.42 Å². The number of allylic oxidation sites excluding steroid dienone is 4. The average Bonchev–Trinajstić information content (AvgIpc) is 2.03. The largest absolute Gasteiger partial charge is 0.501 e. The van der Waals surface area contributed by atoms with Crippen molar-refractivity contribution in [1.29, 1.82) is 0 Å². The molecule has 0 unspecified atom stereocenters. The molecule has 1 rings (SSSR count). The number of ether oxygens (including phenoxy) is 1. The molecule has 0 N–H and O–H groups in total. The predicted molar refractivity (Wildman–Crippen MR) is 38.1 cm³/mol. The number of alkyl halides is 3. The molecule has 1 radical (unpaired) electrons. The van der Waals surface area contributed by atoms with Gasteiger partial charge in [-0.2, -0.15) is 13.2 Å². The molecule has 0 aromatic heterocycles. The minimum Gasteiger partial charge on any atom is -0.501 e. The zero-order valence-electron chi connectivity index (χ0n) is 6.48. The minimum absolute atomic E-state index is 0.268. The van der Waals surface area contributed by atoms with Crippen LogP contribution in [0.3, 0.4) is 0 Å². The molecular formula is C8H8F3O. The van der Waals surface area contributed by atoms with Crippen molar-refractivity contribution in [3.63, 3.8) is 0 Å². The Morgan fingerprint density at radius 3 is 2.58 bits per heavy atom. The fourth-order valence-electron chi connectivity index (χ4n) is 0.913. The van der Waals surface area contributed by atoms with E-state index in [2.05, 4.69) is 4.74 Å².